The van der Waals surface area contributed by atoms with Crippen molar-refractivity contribution in [2.75, 3.05) is 5.32 Å². The van der Waals surface area contributed by atoms with Crippen LogP contribution < -0.4 is 10.1 Å². The van der Waals surface area contributed by atoms with Crippen LogP contribution in [0.5, 0.6) is 5.75 Å². The number of benzene rings is 3. The number of carbonyl (C=O) groups excluding carboxylic acids is 1. The fourth-order valence-corrected chi connectivity index (χ4v) is 3.92. The Kier molecular flexibility index (Phi) is 5.28. The lowest BCUT2D eigenvalue weighted by molar-refractivity contribution is -0.122. The largest absolute Gasteiger partial charge is 0.481 e. The zero-order chi connectivity index (χ0) is 19.5. The van der Waals surface area contributed by atoms with E-state index in [9.17, 15) is 4.79 Å². The molecular weight excluding hydrogens is 392 g/mol. The van der Waals surface area contributed by atoms with Crippen LogP contribution in [0, 0.1) is 0 Å². The highest BCUT2D eigenvalue weighted by Crippen LogP contribution is 2.28. The maximum atomic E-state index is 12.5. The summed E-state index contributed by atoms with van der Waals surface area (Å²) in [6, 6.07) is 23.2. The highest BCUT2D eigenvalue weighted by molar-refractivity contribution is 7.22. The normalized spacial score (nSPS) is 11.9. The molecule has 28 heavy (non-hydrogen) atoms. The number of fused-ring (bicyclic) bond motifs is 1. The summed E-state index contributed by atoms with van der Waals surface area (Å²) in [5, 5.41) is 3.98. The average Bonchev–Trinajstić information content (AvgIpc) is 3.10. The standard InChI is InChI=1S/C22H17ClN2O2S/c1-14(21(26)25-22-24-19-12-9-17(23)13-20(19)28-22)27-18-10-7-16(8-11-18)15-5-3-2-4-6-15/h2-14H,1H3,(H,24,25,26). The molecule has 0 spiro atoms. The lowest BCUT2D eigenvalue weighted by Crippen LogP contribution is -2.30. The molecule has 1 atom stereocenters. The Bertz CT molecular complexity index is 1110. The predicted octanol–water partition coefficient (Wildman–Crippen LogP) is 6.02. The van der Waals surface area contributed by atoms with Crippen LogP contribution in [0.2, 0.25) is 5.02 Å². The Balaban J connectivity index is 1.41. The molecule has 1 N–H and O–H groups in total. The molecule has 4 aromatic rings. The Morgan fingerprint density at radius 1 is 1.04 bits per heavy atom. The molecule has 0 fully saturated rings. The summed E-state index contributed by atoms with van der Waals surface area (Å²) >= 11 is 7.38. The Morgan fingerprint density at radius 2 is 1.75 bits per heavy atom. The van der Waals surface area contributed by atoms with Gasteiger partial charge in [-0.05, 0) is 48.4 Å². The highest BCUT2D eigenvalue weighted by Gasteiger charge is 2.17. The van der Waals surface area contributed by atoms with Gasteiger partial charge in [0.1, 0.15) is 5.75 Å². The summed E-state index contributed by atoms with van der Waals surface area (Å²) in [7, 11) is 0. The van der Waals surface area contributed by atoms with E-state index in [4.69, 9.17) is 16.3 Å². The van der Waals surface area contributed by atoms with Crippen LogP contribution in [0.25, 0.3) is 21.3 Å². The molecule has 6 heteroatoms. The lowest BCUT2D eigenvalue weighted by Gasteiger charge is -2.14. The van der Waals surface area contributed by atoms with E-state index in [0.29, 0.717) is 15.9 Å². The molecule has 140 valence electrons. The molecule has 4 nitrogen and oxygen atoms in total. The van der Waals surface area contributed by atoms with Crippen molar-refractivity contribution in [3.8, 4) is 16.9 Å². The molecule has 1 amide bonds. The Morgan fingerprint density at radius 3 is 2.50 bits per heavy atom. The number of hydrogen-bond donors (Lipinski definition) is 1. The van der Waals surface area contributed by atoms with Gasteiger partial charge in [0.2, 0.25) is 0 Å². The van der Waals surface area contributed by atoms with Crippen LogP contribution in [0.3, 0.4) is 0 Å². The molecule has 0 aliphatic rings. The number of nitrogens with zero attached hydrogens (tertiary/aromatic N) is 1. The molecule has 0 aliphatic carbocycles. The molecule has 0 aliphatic heterocycles. The first kappa shape index (κ1) is 18.5. The second-order valence-corrected chi connectivity index (χ2v) is 7.74. The van der Waals surface area contributed by atoms with Gasteiger partial charge in [0.15, 0.2) is 11.2 Å². The summed E-state index contributed by atoms with van der Waals surface area (Å²) in [6.07, 6.45) is -0.654. The zero-order valence-electron chi connectivity index (χ0n) is 15.1. The van der Waals surface area contributed by atoms with Crippen LogP contribution in [0.1, 0.15) is 6.92 Å². The van der Waals surface area contributed by atoms with Crippen molar-refractivity contribution in [3.63, 3.8) is 0 Å². The molecule has 1 unspecified atom stereocenters. The number of rotatable bonds is 5. The van der Waals surface area contributed by atoms with E-state index >= 15 is 0 Å². The third kappa shape index (κ3) is 4.16. The van der Waals surface area contributed by atoms with E-state index in [1.807, 2.05) is 54.6 Å². The second-order valence-electron chi connectivity index (χ2n) is 6.27. The Labute approximate surface area is 171 Å². The quantitative estimate of drug-likeness (QED) is 0.439. The van der Waals surface area contributed by atoms with Crippen molar-refractivity contribution < 1.29 is 9.53 Å². The molecule has 0 radical (unpaired) electrons. The van der Waals surface area contributed by atoms with Gasteiger partial charge in [0, 0.05) is 5.02 Å². The van der Waals surface area contributed by atoms with Gasteiger partial charge in [0.25, 0.3) is 5.91 Å². The van der Waals surface area contributed by atoms with Crippen LogP contribution in [-0.2, 0) is 4.79 Å². The summed E-state index contributed by atoms with van der Waals surface area (Å²) in [4.78, 5) is 16.9. The van der Waals surface area contributed by atoms with Gasteiger partial charge in [-0.1, -0.05) is 65.4 Å². The number of hydrogen-bond acceptors (Lipinski definition) is 4. The smallest absolute Gasteiger partial charge is 0.266 e. The summed E-state index contributed by atoms with van der Waals surface area (Å²) < 4.78 is 6.70. The zero-order valence-corrected chi connectivity index (χ0v) is 16.6. The van der Waals surface area contributed by atoms with Gasteiger partial charge in [0.05, 0.1) is 10.2 Å². The fourth-order valence-electron chi connectivity index (χ4n) is 2.77. The van der Waals surface area contributed by atoms with Crippen molar-refractivity contribution in [2.24, 2.45) is 0 Å². The number of carbonyl (C=O) groups is 1. The monoisotopic (exact) mass is 408 g/mol. The first-order valence-corrected chi connectivity index (χ1v) is 9.97. The molecule has 3 aromatic carbocycles. The number of nitrogens with one attached hydrogen (secondary N) is 1. The molecule has 4 rings (SSSR count). The third-order valence-electron chi connectivity index (χ3n) is 4.22. The van der Waals surface area contributed by atoms with E-state index in [1.165, 1.54) is 11.3 Å². The van der Waals surface area contributed by atoms with E-state index in [0.717, 1.165) is 21.3 Å². The minimum Gasteiger partial charge on any atom is -0.481 e. The number of amides is 1. The second kappa shape index (κ2) is 8.00. The van der Waals surface area contributed by atoms with E-state index < -0.39 is 6.10 Å². The van der Waals surface area contributed by atoms with E-state index in [1.54, 1.807) is 13.0 Å². The van der Waals surface area contributed by atoms with Gasteiger partial charge in [-0.3, -0.25) is 10.1 Å². The van der Waals surface area contributed by atoms with Crippen molar-refractivity contribution in [1.82, 2.24) is 4.98 Å². The van der Waals surface area contributed by atoms with Crippen LogP contribution in [0.15, 0.2) is 72.8 Å². The van der Waals surface area contributed by atoms with Crippen molar-refractivity contribution in [1.29, 1.82) is 0 Å². The highest BCUT2D eigenvalue weighted by atomic mass is 35.5. The van der Waals surface area contributed by atoms with Crippen molar-refractivity contribution in [3.05, 3.63) is 77.8 Å². The SMILES string of the molecule is CC(Oc1ccc(-c2ccccc2)cc1)C(=O)Nc1nc2ccc(Cl)cc2s1. The van der Waals surface area contributed by atoms with Gasteiger partial charge >= 0.3 is 0 Å². The first-order chi connectivity index (χ1) is 13.6. The number of thiazole rings is 1. The van der Waals surface area contributed by atoms with Gasteiger partial charge in [-0.25, -0.2) is 4.98 Å². The van der Waals surface area contributed by atoms with Gasteiger partial charge in [-0.15, -0.1) is 0 Å². The molecule has 1 aromatic heterocycles. The van der Waals surface area contributed by atoms with E-state index in [2.05, 4.69) is 22.4 Å². The molecule has 0 saturated heterocycles. The lowest BCUT2D eigenvalue weighted by atomic mass is 10.1. The van der Waals surface area contributed by atoms with Crippen LogP contribution >= 0.6 is 22.9 Å². The van der Waals surface area contributed by atoms with Crippen molar-refractivity contribution in [2.45, 2.75) is 13.0 Å². The van der Waals surface area contributed by atoms with Crippen molar-refractivity contribution >= 4 is 44.2 Å². The van der Waals surface area contributed by atoms with Gasteiger partial charge in [-0.2, -0.15) is 0 Å². The molecule has 1 heterocycles. The maximum absolute atomic E-state index is 12.5. The summed E-state index contributed by atoms with van der Waals surface area (Å²) in [5.74, 6) is 0.385. The fraction of sp³-hybridized carbons (Fsp3) is 0.0909. The summed E-state index contributed by atoms with van der Waals surface area (Å²) in [5.41, 5.74) is 3.03. The number of ether oxygens (including phenoxy) is 1. The predicted molar refractivity (Wildman–Crippen MR) is 115 cm³/mol. The average molecular weight is 409 g/mol. The molecule has 0 saturated carbocycles. The van der Waals surface area contributed by atoms with Gasteiger partial charge < -0.3 is 4.74 Å². The Hall–Kier alpha value is -2.89. The van der Waals surface area contributed by atoms with E-state index in [-0.39, 0.29) is 5.91 Å². The number of aromatic nitrogens is 1. The minimum absolute atomic E-state index is 0.253. The minimum atomic E-state index is -0.654. The molecule has 0 bridgehead atoms. The first-order valence-electron chi connectivity index (χ1n) is 8.77. The summed E-state index contributed by atoms with van der Waals surface area (Å²) in [6.45, 7) is 1.71. The van der Waals surface area contributed by atoms with Crippen LogP contribution in [-0.4, -0.2) is 17.0 Å². The topological polar surface area (TPSA) is 51.2 Å². The number of halogens is 1. The molecular formula is C22H17ClN2O2S. The number of anilines is 1. The maximum Gasteiger partial charge on any atom is 0.266 e. The van der Waals surface area contributed by atoms with Crippen LogP contribution in [0.4, 0.5) is 5.13 Å². The third-order valence-corrected chi connectivity index (χ3v) is 5.39.